The Hall–Kier alpha value is -3.73. The van der Waals surface area contributed by atoms with Gasteiger partial charge in [0.15, 0.2) is 11.0 Å². The summed E-state index contributed by atoms with van der Waals surface area (Å²) in [6.45, 7) is 2.62. The van der Waals surface area contributed by atoms with E-state index in [0.29, 0.717) is 23.1 Å². The van der Waals surface area contributed by atoms with Crippen LogP contribution in [0.2, 0.25) is 0 Å². The standard InChI is InChI=1S/C20H20N6O4S/c1-3-25-19(15-7-9-17(30-2)10-8-15)23-24-20(25)31-13-18(27)22-21-12-14-5-4-6-16(11-14)26(28)29/h4-12H,3,13H2,1-2H3,(H,22,27)/b21-12-. The zero-order valence-electron chi connectivity index (χ0n) is 16.9. The summed E-state index contributed by atoms with van der Waals surface area (Å²) in [5.41, 5.74) is 3.77. The lowest BCUT2D eigenvalue weighted by Crippen LogP contribution is -2.20. The molecule has 1 heterocycles. The molecule has 0 saturated carbocycles. The number of rotatable bonds is 9. The van der Waals surface area contributed by atoms with Crippen LogP contribution in [0.25, 0.3) is 11.4 Å². The average molecular weight is 440 g/mol. The molecule has 0 aliphatic heterocycles. The van der Waals surface area contributed by atoms with Crippen molar-refractivity contribution in [3.05, 3.63) is 64.2 Å². The Morgan fingerprint density at radius 2 is 2.06 bits per heavy atom. The topological polar surface area (TPSA) is 125 Å². The number of hydrogen-bond acceptors (Lipinski definition) is 8. The predicted octanol–water partition coefficient (Wildman–Crippen LogP) is 3.12. The molecular formula is C20H20N6O4S. The van der Waals surface area contributed by atoms with Gasteiger partial charge in [0.2, 0.25) is 0 Å². The van der Waals surface area contributed by atoms with Crippen LogP contribution < -0.4 is 10.2 Å². The van der Waals surface area contributed by atoms with Gasteiger partial charge in [-0.25, -0.2) is 5.43 Å². The number of amides is 1. The first-order valence-electron chi connectivity index (χ1n) is 9.28. The number of thioether (sulfide) groups is 1. The van der Waals surface area contributed by atoms with Crippen molar-refractivity contribution in [2.75, 3.05) is 12.9 Å². The highest BCUT2D eigenvalue weighted by molar-refractivity contribution is 7.99. The van der Waals surface area contributed by atoms with E-state index in [1.54, 1.807) is 19.2 Å². The fourth-order valence-corrected chi connectivity index (χ4v) is 3.49. The van der Waals surface area contributed by atoms with Gasteiger partial charge in [0.25, 0.3) is 11.6 Å². The first-order valence-corrected chi connectivity index (χ1v) is 10.3. The van der Waals surface area contributed by atoms with E-state index in [2.05, 4.69) is 20.7 Å². The molecule has 0 spiro atoms. The predicted molar refractivity (Wildman–Crippen MR) is 117 cm³/mol. The Balaban J connectivity index is 1.59. The summed E-state index contributed by atoms with van der Waals surface area (Å²) in [6.07, 6.45) is 1.35. The number of ether oxygens (including phenoxy) is 1. The monoisotopic (exact) mass is 440 g/mol. The summed E-state index contributed by atoms with van der Waals surface area (Å²) >= 11 is 1.24. The highest BCUT2D eigenvalue weighted by Crippen LogP contribution is 2.25. The zero-order valence-corrected chi connectivity index (χ0v) is 17.7. The van der Waals surface area contributed by atoms with Crippen molar-refractivity contribution < 1.29 is 14.5 Å². The van der Waals surface area contributed by atoms with Gasteiger partial charge in [-0.1, -0.05) is 23.9 Å². The Morgan fingerprint density at radius 1 is 1.29 bits per heavy atom. The van der Waals surface area contributed by atoms with Gasteiger partial charge in [-0.2, -0.15) is 5.10 Å². The van der Waals surface area contributed by atoms with Crippen LogP contribution in [0.15, 0.2) is 58.8 Å². The second-order valence-electron chi connectivity index (χ2n) is 6.21. The maximum absolute atomic E-state index is 12.1. The van der Waals surface area contributed by atoms with Crippen LogP contribution in [-0.4, -0.2) is 44.7 Å². The number of non-ortho nitro benzene ring substituents is 1. The van der Waals surface area contributed by atoms with Crippen molar-refractivity contribution in [1.29, 1.82) is 0 Å². The van der Waals surface area contributed by atoms with Crippen molar-refractivity contribution in [1.82, 2.24) is 20.2 Å². The Labute approximate surface area is 182 Å². The average Bonchev–Trinajstić information content (AvgIpc) is 3.21. The molecule has 0 fully saturated rings. The third kappa shape index (κ3) is 5.66. The number of nitro benzene ring substituents is 1. The maximum atomic E-state index is 12.1. The van der Waals surface area contributed by atoms with E-state index >= 15 is 0 Å². The van der Waals surface area contributed by atoms with Gasteiger partial charge >= 0.3 is 0 Å². The van der Waals surface area contributed by atoms with Gasteiger partial charge in [-0.05, 0) is 31.2 Å². The lowest BCUT2D eigenvalue weighted by molar-refractivity contribution is -0.384. The van der Waals surface area contributed by atoms with Crippen LogP contribution in [0.5, 0.6) is 5.75 Å². The van der Waals surface area contributed by atoms with Crippen molar-refractivity contribution >= 4 is 29.6 Å². The third-order valence-corrected chi connectivity index (χ3v) is 5.16. The van der Waals surface area contributed by atoms with Gasteiger partial charge in [0.1, 0.15) is 5.75 Å². The van der Waals surface area contributed by atoms with Gasteiger partial charge in [-0.15, -0.1) is 10.2 Å². The van der Waals surface area contributed by atoms with E-state index in [9.17, 15) is 14.9 Å². The van der Waals surface area contributed by atoms with Gasteiger partial charge in [0.05, 0.1) is 24.0 Å². The van der Waals surface area contributed by atoms with Crippen molar-refractivity contribution in [3.63, 3.8) is 0 Å². The summed E-state index contributed by atoms with van der Waals surface area (Å²) < 4.78 is 7.10. The molecule has 0 aliphatic carbocycles. The number of aromatic nitrogens is 3. The summed E-state index contributed by atoms with van der Waals surface area (Å²) in [5.74, 6) is 1.22. The van der Waals surface area contributed by atoms with Gasteiger partial charge in [-0.3, -0.25) is 14.9 Å². The number of hydrazone groups is 1. The molecular weight excluding hydrogens is 420 g/mol. The Morgan fingerprint density at radius 3 is 2.74 bits per heavy atom. The van der Waals surface area contributed by atoms with Crippen LogP contribution >= 0.6 is 11.8 Å². The number of carbonyl (C=O) groups excluding carboxylic acids is 1. The molecule has 10 nitrogen and oxygen atoms in total. The minimum Gasteiger partial charge on any atom is -0.497 e. The minimum absolute atomic E-state index is 0.0441. The van der Waals surface area contributed by atoms with Crippen molar-refractivity contribution in [2.45, 2.75) is 18.6 Å². The fraction of sp³-hybridized carbons (Fsp3) is 0.200. The van der Waals surface area contributed by atoms with Gasteiger partial charge < -0.3 is 9.30 Å². The molecule has 0 radical (unpaired) electrons. The molecule has 0 aliphatic rings. The molecule has 0 unspecified atom stereocenters. The second-order valence-corrected chi connectivity index (χ2v) is 7.16. The largest absolute Gasteiger partial charge is 0.497 e. The molecule has 160 valence electrons. The smallest absolute Gasteiger partial charge is 0.270 e. The number of nitro groups is 1. The summed E-state index contributed by atoms with van der Waals surface area (Å²) in [4.78, 5) is 22.4. The molecule has 11 heteroatoms. The zero-order chi connectivity index (χ0) is 22.2. The molecule has 1 amide bonds. The molecule has 3 aromatic rings. The fourth-order valence-electron chi connectivity index (χ4n) is 2.69. The summed E-state index contributed by atoms with van der Waals surface area (Å²) in [7, 11) is 1.61. The van der Waals surface area contributed by atoms with E-state index in [-0.39, 0.29) is 17.3 Å². The van der Waals surface area contributed by atoms with Crippen molar-refractivity contribution in [2.24, 2.45) is 5.10 Å². The number of nitrogens with one attached hydrogen (secondary N) is 1. The number of benzene rings is 2. The molecule has 1 aromatic heterocycles. The Bertz CT molecular complexity index is 1100. The van der Waals surface area contributed by atoms with Crippen LogP contribution in [0, 0.1) is 10.1 Å². The molecule has 1 N–H and O–H groups in total. The van der Waals surface area contributed by atoms with E-state index in [4.69, 9.17) is 4.74 Å². The molecule has 0 bridgehead atoms. The molecule has 0 atom stereocenters. The summed E-state index contributed by atoms with van der Waals surface area (Å²) in [5, 5.41) is 23.7. The normalized spacial score (nSPS) is 10.9. The van der Waals surface area contributed by atoms with Crippen LogP contribution in [0.1, 0.15) is 12.5 Å². The van der Waals surface area contributed by atoms with E-state index in [1.165, 1.54) is 30.1 Å². The lowest BCUT2D eigenvalue weighted by atomic mass is 10.2. The Kier molecular flexibility index (Phi) is 7.33. The van der Waals surface area contributed by atoms with E-state index < -0.39 is 4.92 Å². The molecule has 3 rings (SSSR count). The number of methoxy groups -OCH3 is 1. The van der Waals surface area contributed by atoms with Gasteiger partial charge in [0, 0.05) is 29.8 Å². The number of carbonyl (C=O) groups is 1. The number of hydrogen-bond donors (Lipinski definition) is 1. The lowest BCUT2D eigenvalue weighted by Gasteiger charge is -2.07. The van der Waals surface area contributed by atoms with E-state index in [1.807, 2.05) is 35.8 Å². The first kappa shape index (κ1) is 22.0. The first-order chi connectivity index (χ1) is 15.0. The number of nitrogens with zero attached hydrogens (tertiary/aromatic N) is 5. The minimum atomic E-state index is -0.489. The highest BCUT2D eigenvalue weighted by atomic mass is 32.2. The molecule has 0 saturated heterocycles. The SMILES string of the molecule is CCn1c(SCC(=O)N/N=C\c2cccc([N+](=O)[O-])c2)nnc1-c1ccc(OC)cc1. The molecule has 2 aromatic carbocycles. The van der Waals surface area contributed by atoms with Crippen LogP contribution in [0.3, 0.4) is 0 Å². The second kappa shape index (κ2) is 10.3. The maximum Gasteiger partial charge on any atom is 0.270 e. The summed E-state index contributed by atoms with van der Waals surface area (Å²) in [6, 6.07) is 13.5. The molecule has 31 heavy (non-hydrogen) atoms. The van der Waals surface area contributed by atoms with Crippen molar-refractivity contribution in [3.8, 4) is 17.1 Å². The highest BCUT2D eigenvalue weighted by Gasteiger charge is 2.14. The van der Waals surface area contributed by atoms with Crippen LogP contribution in [-0.2, 0) is 11.3 Å². The van der Waals surface area contributed by atoms with E-state index in [0.717, 1.165) is 11.3 Å². The van der Waals surface area contributed by atoms with Crippen LogP contribution in [0.4, 0.5) is 5.69 Å². The quantitative estimate of drug-likeness (QED) is 0.235. The third-order valence-electron chi connectivity index (χ3n) is 4.20.